The maximum atomic E-state index is 12.2. The molecule has 0 bridgehead atoms. The predicted molar refractivity (Wildman–Crippen MR) is 78.9 cm³/mol. The molecule has 0 atom stereocenters. The molecule has 7 nitrogen and oxygen atoms in total. The van der Waals surface area contributed by atoms with Gasteiger partial charge in [-0.25, -0.2) is 9.59 Å². The summed E-state index contributed by atoms with van der Waals surface area (Å²) in [5, 5.41) is 2.74. The second-order valence-electron chi connectivity index (χ2n) is 4.41. The molecule has 1 aromatic heterocycles. The van der Waals surface area contributed by atoms with E-state index in [1.165, 1.54) is 11.3 Å². The van der Waals surface area contributed by atoms with Gasteiger partial charge in [0.1, 0.15) is 5.00 Å². The van der Waals surface area contributed by atoms with Crippen LogP contribution in [0.5, 0.6) is 0 Å². The van der Waals surface area contributed by atoms with E-state index < -0.39 is 17.8 Å². The first-order chi connectivity index (χ1) is 10.6. The Morgan fingerprint density at radius 1 is 1.23 bits per heavy atom. The van der Waals surface area contributed by atoms with Gasteiger partial charge in [-0.05, 0) is 25.8 Å². The fourth-order valence-electron chi connectivity index (χ4n) is 2.09. The summed E-state index contributed by atoms with van der Waals surface area (Å²) in [7, 11) is 0. The molecule has 0 fully saturated rings. The Balaban J connectivity index is 2.29. The highest BCUT2D eigenvalue weighted by Crippen LogP contribution is 2.37. The minimum atomic E-state index is -0.986. The van der Waals surface area contributed by atoms with E-state index in [0.717, 1.165) is 10.4 Å². The number of esters is 2. The average Bonchev–Trinajstić information content (AvgIpc) is 2.85. The number of carbonyl (C=O) groups excluding carboxylic acids is 3. The summed E-state index contributed by atoms with van der Waals surface area (Å²) in [6.45, 7) is 4.52. The summed E-state index contributed by atoms with van der Waals surface area (Å²) in [6.07, 6.45) is 0.565. The first-order valence-electron chi connectivity index (χ1n) is 6.95. The molecule has 1 N–H and O–H groups in total. The molecule has 0 saturated heterocycles. The van der Waals surface area contributed by atoms with Gasteiger partial charge in [-0.15, -0.1) is 11.3 Å². The predicted octanol–water partition coefficient (Wildman–Crippen LogP) is 1.50. The molecule has 1 aromatic rings. The molecule has 0 saturated carbocycles. The van der Waals surface area contributed by atoms with Gasteiger partial charge in [-0.2, -0.15) is 0 Å². The molecule has 1 aliphatic heterocycles. The van der Waals surface area contributed by atoms with Gasteiger partial charge in [0.25, 0.3) is 0 Å². The third-order valence-corrected chi connectivity index (χ3v) is 4.11. The molecular weight excluding hydrogens is 310 g/mol. The second-order valence-corrected chi connectivity index (χ2v) is 5.51. The van der Waals surface area contributed by atoms with Crippen LogP contribution in [0.15, 0.2) is 0 Å². The molecule has 8 heteroatoms. The van der Waals surface area contributed by atoms with E-state index >= 15 is 0 Å². The lowest BCUT2D eigenvalue weighted by molar-refractivity contribution is -0.152. The smallest absolute Gasteiger partial charge is 0.397 e. The van der Waals surface area contributed by atoms with Gasteiger partial charge in [0.05, 0.1) is 32.0 Å². The first-order valence-corrected chi connectivity index (χ1v) is 7.77. The molecule has 120 valence electrons. The number of amides is 1. The highest BCUT2D eigenvalue weighted by atomic mass is 32.1. The van der Waals surface area contributed by atoms with E-state index in [9.17, 15) is 14.4 Å². The second kappa shape index (κ2) is 7.37. The Labute approximate surface area is 131 Å². The molecule has 1 aliphatic rings. The van der Waals surface area contributed by atoms with Crippen LogP contribution in [0.25, 0.3) is 0 Å². The van der Waals surface area contributed by atoms with Crippen LogP contribution in [-0.4, -0.2) is 37.7 Å². The number of hydrogen-bond acceptors (Lipinski definition) is 7. The van der Waals surface area contributed by atoms with Crippen LogP contribution in [0.2, 0.25) is 0 Å². The topological polar surface area (TPSA) is 90.9 Å². The summed E-state index contributed by atoms with van der Waals surface area (Å²) in [5.74, 6) is -2.41. The summed E-state index contributed by atoms with van der Waals surface area (Å²) >= 11 is 1.21. The Bertz CT molecular complexity index is 594. The fraction of sp³-hybridized carbons (Fsp3) is 0.500. The lowest BCUT2D eigenvalue weighted by atomic mass is 10.1. The SMILES string of the molecule is CCOC(=O)C(=O)Nc1sc2c(c1C(=O)OCC)CCOC2. The maximum Gasteiger partial charge on any atom is 0.397 e. The Morgan fingerprint density at radius 2 is 1.95 bits per heavy atom. The monoisotopic (exact) mass is 327 g/mol. The van der Waals surface area contributed by atoms with E-state index in [4.69, 9.17) is 9.47 Å². The van der Waals surface area contributed by atoms with Crippen molar-refractivity contribution in [1.82, 2.24) is 0 Å². The average molecular weight is 327 g/mol. The number of fused-ring (bicyclic) bond motifs is 1. The van der Waals surface area contributed by atoms with Crippen molar-refractivity contribution >= 4 is 34.2 Å². The van der Waals surface area contributed by atoms with Crippen molar-refractivity contribution < 1.29 is 28.6 Å². The fourth-order valence-corrected chi connectivity index (χ4v) is 3.26. The van der Waals surface area contributed by atoms with Crippen molar-refractivity contribution in [1.29, 1.82) is 0 Å². The quantitative estimate of drug-likeness (QED) is 0.666. The molecule has 0 unspecified atom stereocenters. The van der Waals surface area contributed by atoms with Crippen LogP contribution in [0.3, 0.4) is 0 Å². The maximum absolute atomic E-state index is 12.2. The molecule has 1 amide bonds. The number of ether oxygens (including phenoxy) is 3. The first kappa shape index (κ1) is 16.4. The molecule has 2 heterocycles. The van der Waals surface area contributed by atoms with Crippen LogP contribution in [0.4, 0.5) is 5.00 Å². The van der Waals surface area contributed by atoms with Gasteiger partial charge in [0, 0.05) is 4.88 Å². The lowest BCUT2D eigenvalue weighted by Gasteiger charge is -2.13. The summed E-state index contributed by atoms with van der Waals surface area (Å²) in [6, 6.07) is 0. The highest BCUT2D eigenvalue weighted by molar-refractivity contribution is 7.17. The van der Waals surface area contributed by atoms with E-state index in [2.05, 4.69) is 10.1 Å². The number of anilines is 1. The van der Waals surface area contributed by atoms with Crippen molar-refractivity contribution in [2.75, 3.05) is 25.1 Å². The molecular formula is C14H17NO6S. The Hall–Kier alpha value is -1.93. The molecule has 0 aromatic carbocycles. The molecule has 2 rings (SSSR count). The minimum Gasteiger partial charge on any atom is -0.462 e. The number of thiophene rings is 1. The van der Waals surface area contributed by atoms with E-state index in [0.29, 0.717) is 30.2 Å². The largest absolute Gasteiger partial charge is 0.462 e. The van der Waals surface area contributed by atoms with Crippen LogP contribution >= 0.6 is 11.3 Å². The van der Waals surface area contributed by atoms with Crippen molar-refractivity contribution in [3.8, 4) is 0 Å². The standard InChI is InChI=1S/C14H17NO6S/c1-3-20-13(17)10-8-5-6-19-7-9(8)22-12(10)15-11(16)14(18)21-4-2/h3-7H2,1-2H3,(H,15,16). The Kier molecular flexibility index (Phi) is 5.51. The summed E-state index contributed by atoms with van der Waals surface area (Å²) < 4.78 is 15.0. The lowest BCUT2D eigenvalue weighted by Crippen LogP contribution is -2.25. The number of carbonyl (C=O) groups is 3. The van der Waals surface area contributed by atoms with Crippen LogP contribution in [0, 0.1) is 0 Å². The van der Waals surface area contributed by atoms with Crippen molar-refractivity contribution in [3.63, 3.8) is 0 Å². The van der Waals surface area contributed by atoms with Crippen LogP contribution < -0.4 is 5.32 Å². The van der Waals surface area contributed by atoms with Gasteiger partial charge >= 0.3 is 17.8 Å². The van der Waals surface area contributed by atoms with Crippen LogP contribution in [0.1, 0.15) is 34.6 Å². The normalized spacial score (nSPS) is 13.2. The van der Waals surface area contributed by atoms with Gasteiger partial charge in [-0.1, -0.05) is 0 Å². The van der Waals surface area contributed by atoms with Gasteiger partial charge in [0.15, 0.2) is 0 Å². The zero-order chi connectivity index (χ0) is 16.1. The molecule has 0 aliphatic carbocycles. The Morgan fingerprint density at radius 3 is 2.64 bits per heavy atom. The van der Waals surface area contributed by atoms with Gasteiger partial charge in [0.2, 0.25) is 0 Å². The molecule has 0 radical (unpaired) electrons. The van der Waals surface area contributed by atoms with Gasteiger partial charge < -0.3 is 19.5 Å². The number of nitrogens with one attached hydrogen (secondary N) is 1. The van der Waals surface area contributed by atoms with Crippen molar-refractivity contribution in [2.24, 2.45) is 0 Å². The number of hydrogen-bond donors (Lipinski definition) is 1. The van der Waals surface area contributed by atoms with E-state index in [1.54, 1.807) is 13.8 Å². The number of rotatable bonds is 4. The highest BCUT2D eigenvalue weighted by Gasteiger charge is 2.29. The molecule has 22 heavy (non-hydrogen) atoms. The summed E-state index contributed by atoms with van der Waals surface area (Å²) in [4.78, 5) is 36.2. The zero-order valence-corrected chi connectivity index (χ0v) is 13.2. The zero-order valence-electron chi connectivity index (χ0n) is 12.4. The van der Waals surface area contributed by atoms with Gasteiger partial charge in [-0.3, -0.25) is 4.79 Å². The third-order valence-electron chi connectivity index (χ3n) is 2.99. The van der Waals surface area contributed by atoms with Crippen molar-refractivity contribution in [3.05, 3.63) is 16.0 Å². The molecule has 0 spiro atoms. The minimum absolute atomic E-state index is 0.103. The summed E-state index contributed by atoms with van der Waals surface area (Å²) in [5.41, 5.74) is 1.12. The van der Waals surface area contributed by atoms with E-state index in [1.807, 2.05) is 0 Å². The van der Waals surface area contributed by atoms with Crippen LogP contribution in [-0.2, 0) is 36.8 Å². The third kappa shape index (κ3) is 3.45. The van der Waals surface area contributed by atoms with Crippen molar-refractivity contribution in [2.45, 2.75) is 26.9 Å². The van der Waals surface area contributed by atoms with E-state index in [-0.39, 0.29) is 13.2 Å².